The number of hydrogen-bond acceptors (Lipinski definition) is 5. The molecule has 1 N–H and O–H groups in total. The Hall–Kier alpha value is -3.28. The van der Waals surface area contributed by atoms with Gasteiger partial charge in [0.1, 0.15) is 5.69 Å². The summed E-state index contributed by atoms with van der Waals surface area (Å²) in [6, 6.07) is 15.3. The molecule has 0 unspecified atom stereocenters. The van der Waals surface area contributed by atoms with Crippen molar-refractivity contribution in [1.29, 1.82) is 0 Å². The minimum absolute atomic E-state index is 0.143. The zero-order valence-corrected chi connectivity index (χ0v) is 14.0. The van der Waals surface area contributed by atoms with Gasteiger partial charge in [-0.3, -0.25) is 9.78 Å². The summed E-state index contributed by atoms with van der Waals surface area (Å²) in [7, 11) is 1.76. The van der Waals surface area contributed by atoms with E-state index in [4.69, 9.17) is 0 Å². The van der Waals surface area contributed by atoms with Gasteiger partial charge < -0.3 is 10.2 Å². The zero-order valence-electron chi connectivity index (χ0n) is 14.0. The highest BCUT2D eigenvalue weighted by Gasteiger charge is 2.14. The molecule has 2 aromatic heterocycles. The first-order chi connectivity index (χ1) is 12.2. The highest BCUT2D eigenvalue weighted by atomic mass is 16.2. The largest absolute Gasteiger partial charge is 0.350 e. The molecule has 0 saturated carbocycles. The quantitative estimate of drug-likeness (QED) is 0.751. The molecule has 3 aromatic rings. The number of benzene rings is 1. The third-order valence-corrected chi connectivity index (χ3v) is 3.66. The molecule has 0 aliphatic carbocycles. The van der Waals surface area contributed by atoms with Crippen molar-refractivity contribution in [3.8, 4) is 0 Å². The average Bonchev–Trinajstić information content (AvgIpc) is 2.67. The molecule has 0 radical (unpaired) electrons. The summed E-state index contributed by atoms with van der Waals surface area (Å²) in [4.78, 5) is 26.8. The van der Waals surface area contributed by atoms with E-state index in [9.17, 15) is 4.79 Å². The molecule has 2 heterocycles. The molecule has 6 heteroatoms. The summed E-state index contributed by atoms with van der Waals surface area (Å²) in [6.07, 6.45) is 5.08. The van der Waals surface area contributed by atoms with Crippen LogP contribution in [0.3, 0.4) is 0 Å². The van der Waals surface area contributed by atoms with Crippen LogP contribution < -0.4 is 5.32 Å². The maximum absolute atomic E-state index is 12.6. The summed E-state index contributed by atoms with van der Waals surface area (Å²) in [5.41, 5.74) is 2.45. The Bertz CT molecular complexity index is 823. The third kappa shape index (κ3) is 4.60. The first kappa shape index (κ1) is 16.6. The van der Waals surface area contributed by atoms with Gasteiger partial charge in [-0.1, -0.05) is 36.4 Å². The number of anilines is 1. The monoisotopic (exact) mass is 333 g/mol. The van der Waals surface area contributed by atoms with Crippen molar-refractivity contribution in [2.45, 2.75) is 13.1 Å². The topological polar surface area (TPSA) is 71.0 Å². The summed E-state index contributed by atoms with van der Waals surface area (Å²) >= 11 is 0. The molecule has 1 aromatic carbocycles. The van der Waals surface area contributed by atoms with Gasteiger partial charge in [0, 0.05) is 38.7 Å². The summed E-state index contributed by atoms with van der Waals surface area (Å²) in [5.74, 6) is 0.276. The standard InChI is InChI=1S/C19H19N5O/c1-24(14-15-6-3-2-4-7-15)18(25)17-9-11-21-19(23-17)22-13-16-8-5-10-20-12-16/h2-12H,13-14H2,1H3,(H,21,22,23). The molecule has 25 heavy (non-hydrogen) atoms. The number of amides is 1. The van der Waals surface area contributed by atoms with E-state index in [-0.39, 0.29) is 5.91 Å². The highest BCUT2D eigenvalue weighted by Crippen LogP contribution is 2.09. The Labute approximate surface area is 146 Å². The van der Waals surface area contributed by atoms with Gasteiger partial charge >= 0.3 is 0 Å². The van der Waals surface area contributed by atoms with Crippen LogP contribution in [0.1, 0.15) is 21.6 Å². The van der Waals surface area contributed by atoms with Crippen LogP contribution in [0.2, 0.25) is 0 Å². The SMILES string of the molecule is CN(Cc1ccccc1)C(=O)c1ccnc(NCc2cccnc2)n1. The molecule has 0 aliphatic heterocycles. The molecule has 3 rings (SSSR count). The molecule has 0 spiro atoms. The van der Waals surface area contributed by atoms with E-state index < -0.39 is 0 Å². The second-order valence-corrected chi connectivity index (χ2v) is 5.63. The molecule has 6 nitrogen and oxygen atoms in total. The Morgan fingerprint density at radius 1 is 1.04 bits per heavy atom. The maximum Gasteiger partial charge on any atom is 0.272 e. The lowest BCUT2D eigenvalue weighted by Gasteiger charge is -2.17. The maximum atomic E-state index is 12.6. The van der Waals surface area contributed by atoms with Gasteiger partial charge in [-0.25, -0.2) is 9.97 Å². The van der Waals surface area contributed by atoms with Crippen LogP contribution in [0.25, 0.3) is 0 Å². The van der Waals surface area contributed by atoms with Crippen LogP contribution in [0, 0.1) is 0 Å². The second kappa shape index (κ2) is 8.01. The fourth-order valence-corrected chi connectivity index (χ4v) is 2.37. The number of hydrogen-bond donors (Lipinski definition) is 1. The molecule has 0 atom stereocenters. The summed E-state index contributed by atoms with van der Waals surface area (Å²) in [5, 5.41) is 3.11. The normalized spacial score (nSPS) is 10.3. The van der Waals surface area contributed by atoms with E-state index in [0.717, 1.165) is 11.1 Å². The number of pyridine rings is 1. The summed E-state index contributed by atoms with van der Waals surface area (Å²) < 4.78 is 0. The van der Waals surface area contributed by atoms with Crippen molar-refractivity contribution in [2.75, 3.05) is 12.4 Å². The van der Waals surface area contributed by atoms with Gasteiger partial charge in [0.05, 0.1) is 0 Å². The fourth-order valence-electron chi connectivity index (χ4n) is 2.37. The van der Waals surface area contributed by atoms with Crippen molar-refractivity contribution >= 4 is 11.9 Å². The van der Waals surface area contributed by atoms with Crippen LogP contribution in [-0.2, 0) is 13.1 Å². The van der Waals surface area contributed by atoms with E-state index in [0.29, 0.717) is 24.7 Å². The molecule has 0 fully saturated rings. The van der Waals surface area contributed by atoms with E-state index in [1.165, 1.54) is 0 Å². The average molecular weight is 333 g/mol. The number of carbonyl (C=O) groups is 1. The zero-order chi connectivity index (χ0) is 17.5. The van der Waals surface area contributed by atoms with Crippen LogP contribution in [-0.4, -0.2) is 32.8 Å². The molecule has 126 valence electrons. The van der Waals surface area contributed by atoms with Gasteiger partial charge in [-0.15, -0.1) is 0 Å². The number of carbonyl (C=O) groups excluding carboxylic acids is 1. The lowest BCUT2D eigenvalue weighted by atomic mass is 10.2. The Balaban J connectivity index is 1.64. The molecule has 0 aliphatic rings. The van der Waals surface area contributed by atoms with Crippen molar-refractivity contribution in [2.24, 2.45) is 0 Å². The van der Waals surface area contributed by atoms with Gasteiger partial charge in [-0.2, -0.15) is 0 Å². The third-order valence-electron chi connectivity index (χ3n) is 3.66. The molecular formula is C19H19N5O. The van der Waals surface area contributed by atoms with E-state index in [1.54, 1.807) is 36.6 Å². The number of rotatable bonds is 6. The lowest BCUT2D eigenvalue weighted by molar-refractivity contribution is 0.0779. The summed E-state index contributed by atoms with van der Waals surface area (Å²) in [6.45, 7) is 1.08. The van der Waals surface area contributed by atoms with Gasteiger partial charge in [0.25, 0.3) is 5.91 Å². The van der Waals surface area contributed by atoms with E-state index in [2.05, 4.69) is 20.3 Å². The van der Waals surface area contributed by atoms with Crippen molar-refractivity contribution < 1.29 is 4.79 Å². The first-order valence-electron chi connectivity index (χ1n) is 7.97. The lowest BCUT2D eigenvalue weighted by Crippen LogP contribution is -2.27. The predicted molar refractivity (Wildman–Crippen MR) is 95.8 cm³/mol. The van der Waals surface area contributed by atoms with Crippen molar-refractivity contribution in [1.82, 2.24) is 19.9 Å². The van der Waals surface area contributed by atoms with Crippen LogP contribution in [0.4, 0.5) is 5.95 Å². The van der Waals surface area contributed by atoms with Crippen molar-refractivity contribution in [3.05, 3.63) is 83.9 Å². The molecular weight excluding hydrogens is 314 g/mol. The van der Waals surface area contributed by atoms with Crippen LogP contribution in [0.5, 0.6) is 0 Å². The predicted octanol–water partition coefficient (Wildman–Crippen LogP) is 2.76. The first-order valence-corrected chi connectivity index (χ1v) is 7.97. The smallest absolute Gasteiger partial charge is 0.272 e. The minimum atomic E-state index is -0.143. The number of nitrogens with one attached hydrogen (secondary N) is 1. The molecule has 0 bridgehead atoms. The van der Waals surface area contributed by atoms with Crippen LogP contribution in [0.15, 0.2) is 67.1 Å². The van der Waals surface area contributed by atoms with Crippen LogP contribution >= 0.6 is 0 Å². The Kier molecular flexibility index (Phi) is 5.31. The van der Waals surface area contributed by atoms with Crippen molar-refractivity contribution in [3.63, 3.8) is 0 Å². The minimum Gasteiger partial charge on any atom is -0.350 e. The second-order valence-electron chi connectivity index (χ2n) is 5.63. The van der Waals surface area contributed by atoms with Gasteiger partial charge in [0.2, 0.25) is 5.95 Å². The van der Waals surface area contributed by atoms with Gasteiger partial charge in [0.15, 0.2) is 0 Å². The molecule has 1 amide bonds. The number of nitrogens with zero attached hydrogens (tertiary/aromatic N) is 4. The number of aromatic nitrogens is 3. The van der Waals surface area contributed by atoms with E-state index >= 15 is 0 Å². The molecule has 0 saturated heterocycles. The Morgan fingerprint density at radius 2 is 1.84 bits per heavy atom. The fraction of sp³-hybridized carbons (Fsp3) is 0.158. The highest BCUT2D eigenvalue weighted by molar-refractivity contribution is 5.92. The van der Waals surface area contributed by atoms with Gasteiger partial charge in [-0.05, 0) is 23.3 Å². The Morgan fingerprint density at radius 3 is 2.60 bits per heavy atom. The van der Waals surface area contributed by atoms with E-state index in [1.807, 2.05) is 42.5 Å².